The molecule has 116 valence electrons. The Morgan fingerprint density at radius 3 is 2.64 bits per heavy atom. The second-order valence-electron chi connectivity index (χ2n) is 4.69. The van der Waals surface area contributed by atoms with Gasteiger partial charge >= 0.3 is 12.1 Å². The summed E-state index contributed by atoms with van der Waals surface area (Å²) in [4.78, 5) is 26.5. The van der Waals surface area contributed by atoms with Gasteiger partial charge in [0.25, 0.3) is 0 Å². The van der Waals surface area contributed by atoms with Crippen LogP contribution in [0, 0.1) is 6.92 Å². The number of carboxylic acids is 1. The third-order valence-corrected chi connectivity index (χ3v) is 2.93. The number of nitrogens with one attached hydrogen (secondary N) is 1. The van der Waals surface area contributed by atoms with Gasteiger partial charge in [0.15, 0.2) is 5.69 Å². The summed E-state index contributed by atoms with van der Waals surface area (Å²) >= 11 is 0. The van der Waals surface area contributed by atoms with Gasteiger partial charge in [0.2, 0.25) is 5.89 Å². The molecule has 7 heteroatoms. The molecule has 1 aromatic heterocycles. The quantitative estimate of drug-likeness (QED) is 0.880. The Labute approximate surface area is 126 Å². The molecule has 1 amide bonds. The van der Waals surface area contributed by atoms with Crippen LogP contribution in [-0.2, 0) is 11.3 Å². The topological polar surface area (TPSA) is 102 Å². The van der Waals surface area contributed by atoms with E-state index in [1.165, 1.54) is 6.92 Å². The Hall–Kier alpha value is -2.83. The van der Waals surface area contributed by atoms with Gasteiger partial charge in [-0.3, -0.25) is 0 Å². The Kier molecular flexibility index (Phi) is 4.77. The molecule has 7 nitrogen and oxygen atoms in total. The van der Waals surface area contributed by atoms with Crippen molar-refractivity contribution < 1.29 is 23.8 Å². The summed E-state index contributed by atoms with van der Waals surface area (Å²) < 4.78 is 10.3. The standard InChI is InChI=1S/C15H16N2O5/c1-9(13-17-12(14(18)19)10(2)22-13)16-15(20)21-8-11-6-4-3-5-7-11/h3-7,9H,8H2,1-2H3,(H,16,20)(H,18,19)/t9-/m0/s1. The summed E-state index contributed by atoms with van der Waals surface area (Å²) in [5, 5.41) is 11.5. The number of alkyl carbamates (subject to hydrolysis) is 1. The minimum absolute atomic E-state index is 0.117. The van der Waals surface area contributed by atoms with E-state index in [4.69, 9.17) is 14.3 Å². The molecule has 1 atom stereocenters. The number of benzene rings is 1. The number of nitrogens with zero attached hydrogens (tertiary/aromatic N) is 1. The first-order valence-electron chi connectivity index (χ1n) is 6.65. The zero-order valence-corrected chi connectivity index (χ0v) is 12.2. The average molecular weight is 304 g/mol. The highest BCUT2D eigenvalue weighted by atomic mass is 16.5. The first-order valence-corrected chi connectivity index (χ1v) is 6.65. The van der Waals surface area contributed by atoms with Gasteiger partial charge < -0.3 is 19.6 Å². The van der Waals surface area contributed by atoms with Crippen LogP contribution in [0.15, 0.2) is 34.7 Å². The van der Waals surface area contributed by atoms with Gasteiger partial charge in [-0.05, 0) is 19.4 Å². The van der Waals surface area contributed by atoms with Crippen molar-refractivity contribution >= 4 is 12.1 Å². The predicted molar refractivity (Wildman–Crippen MR) is 76.4 cm³/mol. The number of hydrogen-bond acceptors (Lipinski definition) is 5. The lowest BCUT2D eigenvalue weighted by Crippen LogP contribution is -2.27. The van der Waals surface area contributed by atoms with Crippen LogP contribution in [0.5, 0.6) is 0 Å². The van der Waals surface area contributed by atoms with Crippen LogP contribution < -0.4 is 5.32 Å². The number of carboxylic acid groups (broad SMARTS) is 1. The largest absolute Gasteiger partial charge is 0.476 e. The van der Waals surface area contributed by atoms with E-state index in [1.54, 1.807) is 6.92 Å². The fraction of sp³-hybridized carbons (Fsp3) is 0.267. The summed E-state index contributed by atoms with van der Waals surface area (Å²) in [6, 6.07) is 8.65. The number of rotatable bonds is 5. The molecular weight excluding hydrogens is 288 g/mol. The molecule has 0 spiro atoms. The van der Waals surface area contributed by atoms with Crippen LogP contribution in [0.1, 0.15) is 40.7 Å². The lowest BCUT2D eigenvalue weighted by Gasteiger charge is -2.11. The summed E-state index contributed by atoms with van der Waals surface area (Å²) in [5.74, 6) is -0.869. The van der Waals surface area contributed by atoms with E-state index in [2.05, 4.69) is 10.3 Å². The number of hydrogen-bond donors (Lipinski definition) is 2. The monoisotopic (exact) mass is 304 g/mol. The predicted octanol–water partition coefficient (Wildman–Crippen LogP) is 2.67. The molecular formula is C15H16N2O5. The molecule has 1 aromatic carbocycles. The zero-order valence-electron chi connectivity index (χ0n) is 12.2. The fourth-order valence-corrected chi connectivity index (χ4v) is 1.80. The second-order valence-corrected chi connectivity index (χ2v) is 4.69. The van der Waals surface area contributed by atoms with Crippen molar-refractivity contribution in [2.45, 2.75) is 26.5 Å². The molecule has 0 saturated carbocycles. The molecule has 2 aromatic rings. The number of aryl methyl sites for hydroxylation is 1. The fourth-order valence-electron chi connectivity index (χ4n) is 1.80. The number of carbonyl (C=O) groups is 2. The van der Waals surface area contributed by atoms with Gasteiger partial charge in [-0.1, -0.05) is 30.3 Å². The third kappa shape index (κ3) is 3.85. The van der Waals surface area contributed by atoms with Crippen molar-refractivity contribution in [1.82, 2.24) is 10.3 Å². The van der Waals surface area contributed by atoms with Crippen LogP contribution in [-0.4, -0.2) is 22.2 Å². The summed E-state index contributed by atoms with van der Waals surface area (Å²) in [6.45, 7) is 3.27. The van der Waals surface area contributed by atoms with Crippen molar-refractivity contribution in [2.24, 2.45) is 0 Å². The molecule has 0 radical (unpaired) electrons. The van der Waals surface area contributed by atoms with Gasteiger partial charge in [0.05, 0.1) is 0 Å². The third-order valence-electron chi connectivity index (χ3n) is 2.93. The Bertz CT molecular complexity index is 666. The highest BCUT2D eigenvalue weighted by Crippen LogP contribution is 2.16. The minimum atomic E-state index is -1.17. The van der Waals surface area contributed by atoms with Gasteiger partial charge in [0.1, 0.15) is 18.4 Å². The second kappa shape index (κ2) is 6.75. The first-order chi connectivity index (χ1) is 10.5. The maximum Gasteiger partial charge on any atom is 0.408 e. The Morgan fingerprint density at radius 1 is 1.36 bits per heavy atom. The van der Waals surface area contributed by atoms with Crippen molar-refractivity contribution in [1.29, 1.82) is 0 Å². The molecule has 0 aliphatic rings. The van der Waals surface area contributed by atoms with Crippen molar-refractivity contribution in [2.75, 3.05) is 0 Å². The van der Waals surface area contributed by atoms with E-state index in [0.29, 0.717) is 0 Å². The summed E-state index contributed by atoms with van der Waals surface area (Å²) in [6.07, 6.45) is -0.635. The number of carbonyl (C=O) groups excluding carboxylic acids is 1. The molecule has 1 heterocycles. The van der Waals surface area contributed by atoms with Gasteiger partial charge in [-0.25, -0.2) is 14.6 Å². The maximum absolute atomic E-state index is 11.7. The SMILES string of the molecule is Cc1oc([C@H](C)NC(=O)OCc2ccccc2)nc1C(=O)O. The smallest absolute Gasteiger partial charge is 0.408 e. The molecule has 0 fully saturated rings. The van der Waals surface area contributed by atoms with Gasteiger partial charge in [-0.2, -0.15) is 0 Å². The molecule has 0 aliphatic carbocycles. The first kappa shape index (κ1) is 15.6. The van der Waals surface area contributed by atoms with Crippen LogP contribution in [0.2, 0.25) is 0 Å². The lowest BCUT2D eigenvalue weighted by atomic mass is 10.2. The van der Waals surface area contributed by atoms with E-state index in [9.17, 15) is 9.59 Å². The molecule has 2 rings (SSSR count). The zero-order chi connectivity index (χ0) is 16.1. The van der Waals surface area contributed by atoms with E-state index in [-0.39, 0.29) is 24.0 Å². The van der Waals surface area contributed by atoms with E-state index >= 15 is 0 Å². The van der Waals surface area contributed by atoms with Gasteiger partial charge in [0, 0.05) is 0 Å². The lowest BCUT2D eigenvalue weighted by molar-refractivity contribution is 0.0689. The Morgan fingerprint density at radius 2 is 2.05 bits per heavy atom. The molecule has 0 saturated heterocycles. The maximum atomic E-state index is 11.7. The Balaban J connectivity index is 1.91. The molecule has 0 aliphatic heterocycles. The summed E-state index contributed by atoms with van der Waals surface area (Å²) in [5.41, 5.74) is 0.701. The van der Waals surface area contributed by atoms with E-state index in [1.807, 2.05) is 30.3 Å². The van der Waals surface area contributed by atoms with Crippen LogP contribution >= 0.6 is 0 Å². The highest BCUT2D eigenvalue weighted by molar-refractivity contribution is 5.86. The number of ether oxygens (including phenoxy) is 1. The number of amides is 1. The molecule has 22 heavy (non-hydrogen) atoms. The number of aromatic nitrogens is 1. The number of aromatic carboxylic acids is 1. The molecule has 0 bridgehead atoms. The normalized spacial score (nSPS) is 11.7. The van der Waals surface area contributed by atoms with Crippen LogP contribution in [0.25, 0.3) is 0 Å². The molecule has 2 N–H and O–H groups in total. The average Bonchev–Trinajstić information content (AvgIpc) is 2.88. The van der Waals surface area contributed by atoms with E-state index < -0.39 is 18.1 Å². The van der Waals surface area contributed by atoms with Crippen LogP contribution in [0.4, 0.5) is 4.79 Å². The highest BCUT2D eigenvalue weighted by Gasteiger charge is 2.21. The number of oxazole rings is 1. The summed E-state index contributed by atoms with van der Waals surface area (Å²) in [7, 11) is 0. The van der Waals surface area contributed by atoms with Crippen LogP contribution in [0.3, 0.4) is 0 Å². The van der Waals surface area contributed by atoms with Crippen molar-refractivity contribution in [3.63, 3.8) is 0 Å². The molecule has 0 unspecified atom stereocenters. The van der Waals surface area contributed by atoms with E-state index in [0.717, 1.165) is 5.56 Å². The van der Waals surface area contributed by atoms with Crippen molar-refractivity contribution in [3.05, 3.63) is 53.2 Å². The van der Waals surface area contributed by atoms with Gasteiger partial charge in [-0.15, -0.1) is 0 Å². The van der Waals surface area contributed by atoms with Crippen molar-refractivity contribution in [3.8, 4) is 0 Å². The minimum Gasteiger partial charge on any atom is -0.476 e.